The third-order valence-corrected chi connectivity index (χ3v) is 8.33. The standard InChI is InChI=1S/C36H39BN6.ClH.Cu/c1-22-16-25(4)34(26(5)17-22)31-10-13-41(38-31)37(42-14-11-32(39-42)35-27(6)18-23(2)19-28(35)7)43-15-12-33(40-43)36-29(8)20-24(3)21-30(36)9;;/h10-21H,1-9H3;1H;/q-1;;+2/p-1. The smallest absolute Gasteiger partial charge is 1.00 e. The Morgan fingerprint density at radius 1 is 0.422 bits per heavy atom. The van der Waals surface area contributed by atoms with Crippen molar-refractivity contribution in [2.75, 3.05) is 0 Å². The first-order valence-corrected chi connectivity index (χ1v) is 14.9. The number of aryl methyl sites for hydroxylation is 9. The molecule has 6 aromatic rings. The zero-order valence-corrected chi connectivity index (χ0v) is 29.1. The van der Waals surface area contributed by atoms with Gasteiger partial charge in [-0.2, -0.15) is 0 Å². The van der Waals surface area contributed by atoms with E-state index < -0.39 is 7.12 Å². The van der Waals surface area contributed by atoms with Crippen LogP contribution in [0.15, 0.2) is 73.2 Å². The molecule has 0 N–H and O–H groups in total. The second-order valence-corrected chi connectivity index (χ2v) is 12.2. The quantitative estimate of drug-likeness (QED) is 0.236. The van der Waals surface area contributed by atoms with Gasteiger partial charge in [0, 0.05) is 16.7 Å². The number of hydrogen-bond acceptors (Lipinski definition) is 3. The van der Waals surface area contributed by atoms with Gasteiger partial charge in [0.05, 0.1) is 17.1 Å². The molecule has 6 nitrogen and oxygen atoms in total. The van der Waals surface area contributed by atoms with Gasteiger partial charge in [0.2, 0.25) is 0 Å². The Bertz CT molecular complexity index is 1710. The van der Waals surface area contributed by atoms with Crippen LogP contribution in [0.5, 0.6) is 0 Å². The van der Waals surface area contributed by atoms with E-state index in [1.165, 1.54) is 66.8 Å². The van der Waals surface area contributed by atoms with Crippen molar-refractivity contribution >= 4 is 7.12 Å². The van der Waals surface area contributed by atoms with Crippen molar-refractivity contribution in [2.45, 2.75) is 62.3 Å². The van der Waals surface area contributed by atoms with Crippen molar-refractivity contribution in [2.24, 2.45) is 0 Å². The van der Waals surface area contributed by atoms with E-state index in [9.17, 15) is 0 Å². The second kappa shape index (κ2) is 13.3. The fraction of sp³-hybridized carbons (Fsp3) is 0.250. The third kappa shape index (κ3) is 6.46. The number of aromatic nitrogens is 6. The van der Waals surface area contributed by atoms with E-state index >= 15 is 0 Å². The Labute approximate surface area is 283 Å². The van der Waals surface area contributed by atoms with Crippen LogP contribution in [-0.4, -0.2) is 36.2 Å². The van der Waals surface area contributed by atoms with E-state index in [1.807, 2.05) is 32.4 Å². The predicted molar refractivity (Wildman–Crippen MR) is 178 cm³/mol. The average Bonchev–Trinajstić information content (AvgIpc) is 3.66. The van der Waals surface area contributed by atoms with E-state index in [0.717, 1.165) is 17.1 Å². The van der Waals surface area contributed by atoms with Crippen LogP contribution >= 0.6 is 0 Å². The van der Waals surface area contributed by atoms with Gasteiger partial charge in [-0.3, -0.25) is 0 Å². The minimum Gasteiger partial charge on any atom is -1.00 e. The molecule has 0 aliphatic rings. The average molecular weight is 666 g/mol. The van der Waals surface area contributed by atoms with Crippen molar-refractivity contribution < 1.29 is 29.5 Å². The zero-order valence-electron chi connectivity index (χ0n) is 27.4. The summed E-state index contributed by atoms with van der Waals surface area (Å²) in [7, 11) is -0.431. The zero-order chi connectivity index (χ0) is 30.6. The monoisotopic (exact) mass is 664 g/mol. The second-order valence-electron chi connectivity index (χ2n) is 12.2. The molecule has 0 aliphatic carbocycles. The van der Waals surface area contributed by atoms with Crippen molar-refractivity contribution in [1.82, 2.24) is 29.1 Å². The fourth-order valence-corrected chi connectivity index (χ4v) is 6.92. The minimum atomic E-state index is -0.431. The number of halogens is 1. The van der Waals surface area contributed by atoms with Gasteiger partial charge in [-0.25, -0.2) is 15.3 Å². The molecule has 3 aromatic carbocycles. The summed E-state index contributed by atoms with van der Waals surface area (Å²) >= 11 is 0. The van der Waals surface area contributed by atoms with Gasteiger partial charge in [-0.1, -0.05) is 53.1 Å². The van der Waals surface area contributed by atoms with Crippen LogP contribution in [-0.2, 0) is 17.1 Å². The molecule has 0 aliphatic heterocycles. The van der Waals surface area contributed by atoms with Gasteiger partial charge >= 0.3 is 17.1 Å². The molecule has 0 unspecified atom stereocenters. The van der Waals surface area contributed by atoms with Crippen molar-refractivity contribution in [1.29, 1.82) is 0 Å². The Balaban J connectivity index is 0.00000230. The Morgan fingerprint density at radius 2 is 0.644 bits per heavy atom. The number of hydrogen-bond donors (Lipinski definition) is 0. The van der Waals surface area contributed by atoms with Crippen LogP contribution in [0.2, 0.25) is 0 Å². The predicted octanol–water partition coefficient (Wildman–Crippen LogP) is 4.98. The normalized spacial score (nSPS) is 11.1. The fourth-order valence-electron chi connectivity index (χ4n) is 6.92. The van der Waals surface area contributed by atoms with Crippen LogP contribution in [0.1, 0.15) is 50.1 Å². The summed E-state index contributed by atoms with van der Waals surface area (Å²) in [4.78, 5) is 0. The third-order valence-electron chi connectivity index (χ3n) is 8.33. The summed E-state index contributed by atoms with van der Waals surface area (Å²) in [6.07, 6.45) is 6.10. The summed E-state index contributed by atoms with van der Waals surface area (Å²) in [5.41, 5.74) is 17.4. The topological polar surface area (TPSA) is 53.5 Å². The Morgan fingerprint density at radius 3 is 0.867 bits per heavy atom. The molecule has 234 valence electrons. The molecular formula is C36H39BClCuN6. The van der Waals surface area contributed by atoms with Crippen molar-refractivity contribution in [3.05, 3.63) is 123 Å². The SMILES string of the molecule is Cc1cc(C)c(-c2ccn([B-](n3ccc(-c4c(C)cc(C)cc4C)n3)n3ccc(-c4c(C)cc(C)cc4C)n3)n2)c(C)c1.[Cl-].[Cu+2]. The number of nitrogens with zero attached hydrogens (tertiary/aromatic N) is 6. The van der Waals surface area contributed by atoms with E-state index in [-0.39, 0.29) is 29.5 Å². The molecule has 0 fully saturated rings. The van der Waals surface area contributed by atoms with Crippen LogP contribution < -0.4 is 12.4 Å². The molecule has 6 rings (SSSR count). The van der Waals surface area contributed by atoms with Gasteiger partial charge in [0.15, 0.2) is 0 Å². The summed E-state index contributed by atoms with van der Waals surface area (Å²) in [5, 5.41) is 15.4. The summed E-state index contributed by atoms with van der Waals surface area (Å²) < 4.78 is 5.89. The molecule has 3 aromatic heterocycles. The maximum atomic E-state index is 5.14. The van der Waals surface area contributed by atoms with Gasteiger partial charge in [0.1, 0.15) is 0 Å². The Kier molecular flexibility index (Phi) is 10.0. The number of rotatable bonds is 6. The summed E-state index contributed by atoms with van der Waals surface area (Å²) in [6, 6.07) is 19.6. The molecule has 0 atom stereocenters. The van der Waals surface area contributed by atoms with Crippen LogP contribution in [0.25, 0.3) is 33.8 Å². The van der Waals surface area contributed by atoms with Crippen molar-refractivity contribution in [3.8, 4) is 33.8 Å². The first-order valence-electron chi connectivity index (χ1n) is 14.9. The molecule has 9 heteroatoms. The molecule has 0 saturated carbocycles. The minimum absolute atomic E-state index is 0. The van der Waals surface area contributed by atoms with E-state index in [2.05, 4.69) is 117 Å². The molecule has 0 saturated heterocycles. The van der Waals surface area contributed by atoms with E-state index in [1.54, 1.807) is 0 Å². The molecule has 0 spiro atoms. The molecule has 3 heterocycles. The van der Waals surface area contributed by atoms with Gasteiger partial charge < -0.3 is 26.2 Å². The van der Waals surface area contributed by atoms with Crippen LogP contribution in [0.3, 0.4) is 0 Å². The largest absolute Gasteiger partial charge is 2.00 e. The summed E-state index contributed by atoms with van der Waals surface area (Å²) in [5.74, 6) is 0. The Hall–Kier alpha value is -3.84. The molecule has 45 heavy (non-hydrogen) atoms. The summed E-state index contributed by atoms with van der Waals surface area (Å²) in [6.45, 7) is 19.4. The van der Waals surface area contributed by atoms with Crippen LogP contribution in [0, 0.1) is 62.3 Å². The molecule has 2 radical (unpaired) electrons. The molecular weight excluding hydrogens is 626 g/mol. The maximum absolute atomic E-state index is 5.14. The molecule has 0 amide bonds. The van der Waals surface area contributed by atoms with Crippen LogP contribution in [0.4, 0.5) is 0 Å². The number of benzene rings is 3. The van der Waals surface area contributed by atoms with E-state index in [0.29, 0.717) is 0 Å². The first-order chi connectivity index (χ1) is 20.5. The van der Waals surface area contributed by atoms with Gasteiger partial charge in [-0.15, -0.1) is 0 Å². The van der Waals surface area contributed by atoms with Gasteiger partial charge in [-0.05, 0) is 132 Å². The van der Waals surface area contributed by atoms with Gasteiger partial charge in [0.25, 0.3) is 7.12 Å². The maximum Gasteiger partial charge on any atom is 2.00 e. The van der Waals surface area contributed by atoms with E-state index in [4.69, 9.17) is 15.3 Å². The molecule has 0 bridgehead atoms. The first kappa shape index (κ1) is 34.0. The van der Waals surface area contributed by atoms with Crippen molar-refractivity contribution in [3.63, 3.8) is 0 Å².